The lowest BCUT2D eigenvalue weighted by Crippen LogP contribution is -2.23. The number of carbonyl (C=O) groups excluding carboxylic acids is 1. The number of ketones is 1. The summed E-state index contributed by atoms with van der Waals surface area (Å²) >= 11 is 2.93. The summed E-state index contributed by atoms with van der Waals surface area (Å²) in [5.41, 5.74) is -3.25. The Bertz CT molecular complexity index is 1160. The van der Waals surface area contributed by atoms with Crippen LogP contribution in [0.4, 0.5) is 13.2 Å². The second kappa shape index (κ2) is 8.56. The summed E-state index contributed by atoms with van der Waals surface area (Å²) in [4.78, 5) is 21.5. The van der Waals surface area contributed by atoms with Crippen LogP contribution < -0.4 is 0 Å². The van der Waals surface area contributed by atoms with Crippen LogP contribution >= 0.6 is 22.7 Å². The molecule has 2 aromatic heterocycles. The van der Waals surface area contributed by atoms with Gasteiger partial charge < -0.3 is 0 Å². The van der Waals surface area contributed by atoms with E-state index in [-0.39, 0.29) is 18.6 Å². The summed E-state index contributed by atoms with van der Waals surface area (Å²) in [7, 11) is -5.40. The Balaban J connectivity index is 1.66. The molecule has 0 aliphatic heterocycles. The molecule has 0 aliphatic carbocycles. The molecule has 5 nitrogen and oxygen atoms in total. The first kappa shape index (κ1) is 22.6. The zero-order chi connectivity index (χ0) is 22.1. The van der Waals surface area contributed by atoms with Gasteiger partial charge in [0.25, 0.3) is 9.84 Å². The van der Waals surface area contributed by atoms with E-state index in [4.69, 9.17) is 0 Å². The summed E-state index contributed by atoms with van der Waals surface area (Å²) in [6, 6.07) is 4.17. The Kier molecular flexibility index (Phi) is 6.44. The Morgan fingerprint density at radius 1 is 1.07 bits per heavy atom. The Labute approximate surface area is 179 Å². The summed E-state index contributed by atoms with van der Waals surface area (Å²) < 4.78 is 60.6. The highest BCUT2D eigenvalue weighted by atomic mass is 32.2. The van der Waals surface area contributed by atoms with Crippen LogP contribution in [0, 0.1) is 6.92 Å². The number of thiazole rings is 2. The van der Waals surface area contributed by atoms with Crippen LogP contribution in [0.5, 0.6) is 0 Å². The second-order valence-electron chi connectivity index (χ2n) is 6.49. The van der Waals surface area contributed by atoms with Crippen molar-refractivity contribution in [3.8, 4) is 10.6 Å². The molecule has 0 atom stereocenters. The Morgan fingerprint density at radius 3 is 2.30 bits per heavy atom. The number of hydrogen-bond acceptors (Lipinski definition) is 7. The number of aryl methyl sites for hydroxylation is 2. The third kappa shape index (κ3) is 4.79. The lowest BCUT2D eigenvalue weighted by Gasteiger charge is -2.08. The number of nitrogens with zero attached hydrogens (tertiary/aromatic N) is 2. The SMILES string of the molecule is CCc1nc(C)c(-c2csc(CC(=O)Cc3ccc(S(=O)(=O)C(F)(F)F)cc3)n2)s1. The van der Waals surface area contributed by atoms with Crippen LogP contribution in [-0.2, 0) is 33.9 Å². The third-order valence-corrected chi connectivity index (χ3v) is 7.89. The number of halogens is 3. The molecule has 0 amide bonds. The van der Waals surface area contributed by atoms with E-state index in [0.717, 1.165) is 39.8 Å². The first-order valence-electron chi connectivity index (χ1n) is 8.84. The molecule has 0 unspecified atom stereocenters. The Morgan fingerprint density at radius 2 is 1.73 bits per heavy atom. The number of aromatic nitrogens is 2. The normalized spacial score (nSPS) is 12.3. The van der Waals surface area contributed by atoms with E-state index in [9.17, 15) is 26.4 Å². The molecule has 0 saturated carbocycles. The highest BCUT2D eigenvalue weighted by Crippen LogP contribution is 2.32. The van der Waals surface area contributed by atoms with Crippen LogP contribution in [0.1, 0.15) is 28.2 Å². The fourth-order valence-electron chi connectivity index (χ4n) is 2.72. The van der Waals surface area contributed by atoms with Gasteiger partial charge in [-0.15, -0.1) is 22.7 Å². The van der Waals surface area contributed by atoms with Gasteiger partial charge in [0.05, 0.1) is 32.6 Å². The van der Waals surface area contributed by atoms with Crippen molar-refractivity contribution in [3.63, 3.8) is 0 Å². The van der Waals surface area contributed by atoms with Gasteiger partial charge in [-0.1, -0.05) is 19.1 Å². The fourth-order valence-corrected chi connectivity index (χ4v) is 5.33. The van der Waals surface area contributed by atoms with E-state index in [0.29, 0.717) is 10.6 Å². The van der Waals surface area contributed by atoms with Crippen LogP contribution in [0.15, 0.2) is 34.5 Å². The largest absolute Gasteiger partial charge is 0.501 e. The predicted octanol–water partition coefficient (Wildman–Crippen LogP) is 4.79. The van der Waals surface area contributed by atoms with Gasteiger partial charge in [0.2, 0.25) is 0 Å². The van der Waals surface area contributed by atoms with Crippen molar-refractivity contribution < 1.29 is 26.4 Å². The van der Waals surface area contributed by atoms with Gasteiger partial charge >= 0.3 is 5.51 Å². The lowest BCUT2D eigenvalue weighted by atomic mass is 10.1. The quantitative estimate of drug-likeness (QED) is 0.492. The van der Waals surface area contributed by atoms with Crippen molar-refractivity contribution in [1.29, 1.82) is 0 Å². The summed E-state index contributed by atoms with van der Waals surface area (Å²) in [6.45, 7) is 3.94. The molecule has 0 fully saturated rings. The topological polar surface area (TPSA) is 77.0 Å². The van der Waals surface area contributed by atoms with Gasteiger partial charge in [0.15, 0.2) is 0 Å². The average molecular weight is 475 g/mol. The maximum Gasteiger partial charge on any atom is 0.501 e. The number of hydrogen-bond donors (Lipinski definition) is 0. The maximum absolute atomic E-state index is 12.6. The van der Waals surface area contributed by atoms with E-state index < -0.39 is 20.2 Å². The van der Waals surface area contributed by atoms with Crippen molar-refractivity contribution in [1.82, 2.24) is 9.97 Å². The number of Topliss-reactive ketones (excluding diaryl/α,β-unsaturated/α-hetero) is 1. The molecule has 3 rings (SSSR count). The molecule has 1 aromatic carbocycles. The first-order valence-corrected chi connectivity index (χ1v) is 12.0. The first-order chi connectivity index (χ1) is 14.0. The third-order valence-electron chi connectivity index (χ3n) is 4.22. The molecule has 2 heterocycles. The molecule has 160 valence electrons. The van der Waals surface area contributed by atoms with Crippen LogP contribution in [0.25, 0.3) is 10.6 Å². The molecular formula is C19H17F3N2O3S3. The fraction of sp³-hybridized carbons (Fsp3) is 0.316. The minimum Gasteiger partial charge on any atom is -0.299 e. The van der Waals surface area contributed by atoms with Gasteiger partial charge in [-0.25, -0.2) is 18.4 Å². The van der Waals surface area contributed by atoms with Crippen molar-refractivity contribution in [2.24, 2.45) is 0 Å². The predicted molar refractivity (Wildman–Crippen MR) is 109 cm³/mol. The standard InChI is InChI=1S/C19H17F3N2O3S3/c1-3-16-23-11(2)18(29-16)15-10-28-17(24-15)9-13(25)8-12-4-6-14(7-5-12)30(26,27)19(20,21)22/h4-7,10H,3,8-9H2,1-2H3. The van der Waals surface area contributed by atoms with Crippen molar-refractivity contribution in [2.75, 3.05) is 0 Å². The monoisotopic (exact) mass is 474 g/mol. The summed E-state index contributed by atoms with van der Waals surface area (Å²) in [6.07, 6.45) is 0.899. The van der Waals surface area contributed by atoms with Crippen molar-refractivity contribution in [3.05, 3.63) is 50.9 Å². The molecule has 0 aliphatic rings. The van der Waals surface area contributed by atoms with E-state index in [2.05, 4.69) is 9.97 Å². The number of alkyl halides is 3. The van der Waals surface area contributed by atoms with E-state index in [1.807, 2.05) is 19.2 Å². The van der Waals surface area contributed by atoms with Crippen LogP contribution in [0.2, 0.25) is 0 Å². The highest BCUT2D eigenvalue weighted by molar-refractivity contribution is 7.92. The molecular weight excluding hydrogens is 457 g/mol. The van der Waals surface area contributed by atoms with E-state index in [1.54, 1.807) is 11.3 Å². The summed E-state index contributed by atoms with van der Waals surface area (Å²) in [5, 5.41) is 3.53. The molecule has 3 aromatic rings. The minimum atomic E-state index is -5.40. The molecule has 11 heteroatoms. The molecule has 30 heavy (non-hydrogen) atoms. The Hall–Kier alpha value is -2.11. The highest BCUT2D eigenvalue weighted by Gasteiger charge is 2.46. The molecule has 0 spiro atoms. The summed E-state index contributed by atoms with van der Waals surface area (Å²) in [5.74, 6) is -0.169. The van der Waals surface area contributed by atoms with Gasteiger partial charge in [-0.3, -0.25) is 4.79 Å². The number of rotatable bonds is 7. The maximum atomic E-state index is 12.6. The molecule has 0 saturated heterocycles. The zero-order valence-electron chi connectivity index (χ0n) is 16.0. The van der Waals surface area contributed by atoms with E-state index >= 15 is 0 Å². The smallest absolute Gasteiger partial charge is 0.299 e. The number of carbonyl (C=O) groups is 1. The van der Waals surface area contributed by atoms with Crippen molar-refractivity contribution in [2.45, 2.75) is 43.5 Å². The van der Waals surface area contributed by atoms with Crippen LogP contribution in [0.3, 0.4) is 0 Å². The van der Waals surface area contributed by atoms with Crippen molar-refractivity contribution >= 4 is 38.3 Å². The number of benzene rings is 1. The molecule has 0 N–H and O–H groups in total. The number of sulfone groups is 1. The lowest BCUT2D eigenvalue weighted by molar-refractivity contribution is -0.117. The molecule has 0 radical (unpaired) electrons. The van der Waals surface area contributed by atoms with Crippen LogP contribution in [-0.4, -0.2) is 29.7 Å². The minimum absolute atomic E-state index is 0.0270. The average Bonchev–Trinajstić information content (AvgIpc) is 3.27. The molecule has 0 bridgehead atoms. The van der Waals surface area contributed by atoms with Gasteiger partial charge in [0.1, 0.15) is 10.8 Å². The second-order valence-corrected chi connectivity index (χ2v) is 10.5. The van der Waals surface area contributed by atoms with Gasteiger partial charge in [0, 0.05) is 11.8 Å². The van der Waals surface area contributed by atoms with Gasteiger partial charge in [-0.05, 0) is 31.0 Å². The van der Waals surface area contributed by atoms with E-state index in [1.165, 1.54) is 23.5 Å². The zero-order valence-corrected chi connectivity index (χ0v) is 18.4. The van der Waals surface area contributed by atoms with Gasteiger partial charge in [-0.2, -0.15) is 13.2 Å².